The van der Waals surface area contributed by atoms with Gasteiger partial charge in [-0.2, -0.15) is 0 Å². The Bertz CT molecular complexity index is 729. The molecular formula is C11H9FN2O4S2. The third-order valence-electron chi connectivity index (χ3n) is 2.41. The zero-order chi connectivity index (χ0) is 14.8. The van der Waals surface area contributed by atoms with Crippen LogP contribution in [0.3, 0.4) is 0 Å². The second-order valence-electron chi connectivity index (χ2n) is 3.75. The van der Waals surface area contributed by atoms with Gasteiger partial charge in [0.25, 0.3) is 0 Å². The van der Waals surface area contributed by atoms with Gasteiger partial charge in [-0.05, 0) is 18.2 Å². The Morgan fingerprint density at radius 2 is 2.20 bits per heavy atom. The van der Waals surface area contributed by atoms with Crippen molar-refractivity contribution in [2.24, 2.45) is 0 Å². The molecule has 1 aromatic carbocycles. The zero-order valence-electron chi connectivity index (χ0n) is 9.91. The number of halogens is 1. The number of carboxylic acid groups (broad SMARTS) is 1. The van der Waals surface area contributed by atoms with Crippen LogP contribution in [0, 0.1) is 5.82 Å². The summed E-state index contributed by atoms with van der Waals surface area (Å²) in [5.41, 5.74) is 1.41. The molecule has 0 fully saturated rings. The summed E-state index contributed by atoms with van der Waals surface area (Å²) in [5, 5.41) is 10.4. The zero-order valence-corrected chi connectivity index (χ0v) is 11.5. The lowest BCUT2D eigenvalue weighted by Crippen LogP contribution is -2.23. The van der Waals surface area contributed by atoms with Crippen molar-refractivity contribution in [2.45, 2.75) is 11.4 Å². The Balaban J connectivity index is 2.25. The first-order valence-electron chi connectivity index (χ1n) is 5.30. The lowest BCUT2D eigenvalue weighted by Gasteiger charge is -2.06. The van der Waals surface area contributed by atoms with Gasteiger partial charge < -0.3 is 5.11 Å². The van der Waals surface area contributed by atoms with Crippen molar-refractivity contribution in [2.75, 3.05) is 0 Å². The highest BCUT2D eigenvalue weighted by atomic mass is 32.2. The summed E-state index contributed by atoms with van der Waals surface area (Å²) in [4.78, 5) is 14.4. The molecule has 0 atom stereocenters. The first-order chi connectivity index (χ1) is 9.40. The van der Waals surface area contributed by atoms with Gasteiger partial charge >= 0.3 is 5.97 Å². The smallest absolute Gasteiger partial charge is 0.338 e. The van der Waals surface area contributed by atoms with Crippen molar-refractivity contribution in [1.29, 1.82) is 0 Å². The molecule has 0 radical (unpaired) electrons. The standard InChI is InChI=1S/C11H9FN2O4S2/c12-10-2-1-8(3-9(10)11(15)16)20(17,18)14-4-7-5-19-6-13-7/h1-3,5-6,14H,4H2,(H,15,16). The van der Waals surface area contributed by atoms with E-state index in [-0.39, 0.29) is 11.4 Å². The number of aromatic nitrogens is 1. The quantitative estimate of drug-likeness (QED) is 0.870. The molecule has 0 saturated heterocycles. The molecule has 0 saturated carbocycles. The summed E-state index contributed by atoms with van der Waals surface area (Å²) < 4.78 is 39.4. The molecule has 0 aliphatic heterocycles. The molecule has 106 valence electrons. The summed E-state index contributed by atoms with van der Waals surface area (Å²) in [6.07, 6.45) is 0. The van der Waals surface area contributed by atoms with Gasteiger partial charge in [-0.15, -0.1) is 11.3 Å². The molecule has 1 heterocycles. The minimum atomic E-state index is -3.92. The molecule has 0 bridgehead atoms. The number of nitrogens with one attached hydrogen (secondary N) is 1. The normalized spacial score (nSPS) is 11.4. The average molecular weight is 316 g/mol. The van der Waals surface area contributed by atoms with Gasteiger partial charge in [-0.3, -0.25) is 0 Å². The van der Waals surface area contributed by atoms with Crippen LogP contribution >= 0.6 is 11.3 Å². The number of thiazole rings is 1. The second-order valence-corrected chi connectivity index (χ2v) is 6.24. The van der Waals surface area contributed by atoms with E-state index in [0.717, 1.165) is 18.2 Å². The van der Waals surface area contributed by atoms with E-state index in [4.69, 9.17) is 5.11 Å². The van der Waals surface area contributed by atoms with Crippen LogP contribution in [0.2, 0.25) is 0 Å². The van der Waals surface area contributed by atoms with E-state index in [1.807, 2.05) is 0 Å². The summed E-state index contributed by atoms with van der Waals surface area (Å²) in [7, 11) is -3.92. The Labute approximate surface area is 118 Å². The van der Waals surface area contributed by atoms with Gasteiger partial charge in [0.05, 0.1) is 28.2 Å². The Morgan fingerprint density at radius 3 is 2.80 bits per heavy atom. The van der Waals surface area contributed by atoms with Crippen molar-refractivity contribution < 1.29 is 22.7 Å². The van der Waals surface area contributed by atoms with Crippen LogP contribution in [-0.4, -0.2) is 24.5 Å². The summed E-state index contributed by atoms with van der Waals surface area (Å²) in [6.45, 7) is -0.0222. The first-order valence-corrected chi connectivity index (χ1v) is 7.72. The molecule has 0 amide bonds. The maximum absolute atomic E-state index is 13.2. The molecule has 1 aromatic heterocycles. The predicted octanol–water partition coefficient (Wildman–Crippen LogP) is 1.46. The fourth-order valence-corrected chi connectivity index (χ4v) is 3.00. The van der Waals surface area contributed by atoms with Crippen LogP contribution in [-0.2, 0) is 16.6 Å². The first kappa shape index (κ1) is 14.6. The lowest BCUT2D eigenvalue weighted by molar-refractivity contribution is 0.0691. The van der Waals surface area contributed by atoms with E-state index < -0.39 is 27.4 Å². The largest absolute Gasteiger partial charge is 0.478 e. The molecule has 2 rings (SSSR count). The molecule has 2 aromatic rings. The van der Waals surface area contributed by atoms with E-state index in [1.165, 1.54) is 11.3 Å². The van der Waals surface area contributed by atoms with Crippen LogP contribution in [0.4, 0.5) is 4.39 Å². The number of nitrogens with zero attached hydrogens (tertiary/aromatic N) is 1. The van der Waals surface area contributed by atoms with Gasteiger partial charge in [-0.25, -0.2) is 27.3 Å². The summed E-state index contributed by atoms with van der Waals surface area (Å²) in [6, 6.07) is 2.59. The number of carboxylic acids is 1. The van der Waals surface area contributed by atoms with E-state index in [9.17, 15) is 17.6 Å². The third-order valence-corrected chi connectivity index (χ3v) is 4.44. The molecule has 2 N–H and O–H groups in total. The van der Waals surface area contributed by atoms with E-state index in [2.05, 4.69) is 9.71 Å². The topological polar surface area (TPSA) is 96.4 Å². The molecular weight excluding hydrogens is 307 g/mol. The molecule has 0 unspecified atom stereocenters. The highest BCUT2D eigenvalue weighted by molar-refractivity contribution is 7.89. The Kier molecular flexibility index (Phi) is 4.12. The number of sulfonamides is 1. The maximum Gasteiger partial charge on any atom is 0.338 e. The molecule has 0 aliphatic rings. The monoisotopic (exact) mass is 316 g/mol. The van der Waals surface area contributed by atoms with Crippen molar-refractivity contribution in [3.05, 3.63) is 46.2 Å². The van der Waals surface area contributed by atoms with Crippen molar-refractivity contribution in [3.63, 3.8) is 0 Å². The van der Waals surface area contributed by atoms with Gasteiger partial charge in [-0.1, -0.05) is 0 Å². The fraction of sp³-hybridized carbons (Fsp3) is 0.0909. The van der Waals surface area contributed by atoms with E-state index >= 15 is 0 Å². The summed E-state index contributed by atoms with van der Waals surface area (Å²) >= 11 is 1.32. The van der Waals surface area contributed by atoms with Crippen molar-refractivity contribution in [1.82, 2.24) is 9.71 Å². The van der Waals surface area contributed by atoms with Crippen LogP contribution in [0.25, 0.3) is 0 Å². The van der Waals surface area contributed by atoms with E-state index in [1.54, 1.807) is 10.9 Å². The van der Waals surface area contributed by atoms with Gasteiger partial charge in [0.15, 0.2) is 0 Å². The van der Waals surface area contributed by atoms with Crippen LogP contribution in [0.1, 0.15) is 16.1 Å². The van der Waals surface area contributed by atoms with Crippen molar-refractivity contribution in [3.8, 4) is 0 Å². The number of carbonyl (C=O) groups is 1. The lowest BCUT2D eigenvalue weighted by atomic mass is 10.2. The molecule has 0 aliphatic carbocycles. The Morgan fingerprint density at radius 1 is 1.45 bits per heavy atom. The third kappa shape index (κ3) is 3.18. The van der Waals surface area contributed by atoms with E-state index in [0.29, 0.717) is 5.69 Å². The number of benzene rings is 1. The van der Waals surface area contributed by atoms with Gasteiger partial charge in [0, 0.05) is 5.38 Å². The molecule has 9 heteroatoms. The molecule has 6 nitrogen and oxygen atoms in total. The predicted molar refractivity (Wildman–Crippen MR) is 69.5 cm³/mol. The minimum absolute atomic E-state index is 0.0222. The highest BCUT2D eigenvalue weighted by Crippen LogP contribution is 2.15. The van der Waals surface area contributed by atoms with Crippen LogP contribution < -0.4 is 4.72 Å². The minimum Gasteiger partial charge on any atom is -0.478 e. The highest BCUT2D eigenvalue weighted by Gasteiger charge is 2.19. The number of aromatic carboxylic acids is 1. The SMILES string of the molecule is O=C(O)c1cc(S(=O)(=O)NCc2cscn2)ccc1F. The number of rotatable bonds is 5. The average Bonchev–Trinajstić information content (AvgIpc) is 2.89. The maximum atomic E-state index is 13.2. The van der Waals surface area contributed by atoms with Crippen LogP contribution in [0.5, 0.6) is 0 Å². The van der Waals surface area contributed by atoms with Crippen molar-refractivity contribution >= 4 is 27.3 Å². The van der Waals surface area contributed by atoms with Crippen LogP contribution in [0.15, 0.2) is 34.0 Å². The van der Waals surface area contributed by atoms with Gasteiger partial charge in [0.2, 0.25) is 10.0 Å². The second kappa shape index (κ2) is 5.65. The fourth-order valence-electron chi connectivity index (χ4n) is 1.41. The van der Waals surface area contributed by atoms with Gasteiger partial charge in [0.1, 0.15) is 5.82 Å². The molecule has 20 heavy (non-hydrogen) atoms. The Hall–Kier alpha value is -1.84. The summed E-state index contributed by atoms with van der Waals surface area (Å²) in [5.74, 6) is -2.52. The number of hydrogen-bond donors (Lipinski definition) is 2. The molecule has 0 spiro atoms. The number of hydrogen-bond acceptors (Lipinski definition) is 5.